The molecule has 0 unspecified atom stereocenters. The molecule has 0 radical (unpaired) electrons. The Morgan fingerprint density at radius 1 is 0.875 bits per heavy atom. The number of aliphatic hydroxyl groups excluding tert-OH is 7. The van der Waals surface area contributed by atoms with Gasteiger partial charge < -0.3 is 69.0 Å². The molecule has 10 atom stereocenters. The molecule has 2 saturated heterocycles. The summed E-state index contributed by atoms with van der Waals surface area (Å²) in [4.78, 5) is 14.3. The van der Waals surface area contributed by atoms with Crippen LogP contribution >= 0.6 is 0 Å². The maximum Gasteiger partial charge on any atom is 0.239 e. The van der Waals surface area contributed by atoms with Crippen LogP contribution in [0.2, 0.25) is 0 Å². The lowest BCUT2D eigenvalue weighted by Gasteiger charge is -2.39. The molecule has 2 fully saturated rings. The SMILES string of the molecule is COc1ccc(-c2oc3c(CC=C(C)C)c(O[C@H]4O[C@@H](CO)[C@H](O)[C@@H](O)[C@@H]4O)cc(O)c3c(=O)c2O[C@@H]2O[C@H](C)[C@@H](O)[C@H](O)[C@@H]2O)cc1. The Bertz CT molecular complexity index is 1680. The molecule has 2 aromatic carbocycles. The van der Waals surface area contributed by atoms with Crippen LogP contribution < -0.4 is 19.6 Å². The molecule has 15 heteroatoms. The number of benzene rings is 2. The number of rotatable bonds is 9. The highest BCUT2D eigenvalue weighted by Gasteiger charge is 2.46. The number of phenols is 1. The van der Waals surface area contributed by atoms with E-state index >= 15 is 0 Å². The predicted molar refractivity (Wildman–Crippen MR) is 167 cm³/mol. The first-order valence-corrected chi connectivity index (χ1v) is 15.2. The van der Waals surface area contributed by atoms with Gasteiger partial charge in [-0.1, -0.05) is 11.6 Å². The van der Waals surface area contributed by atoms with Crippen molar-refractivity contribution in [1.82, 2.24) is 0 Å². The summed E-state index contributed by atoms with van der Waals surface area (Å²) >= 11 is 0. The van der Waals surface area contributed by atoms with E-state index in [1.165, 1.54) is 14.0 Å². The minimum atomic E-state index is -1.77. The number of hydrogen-bond donors (Lipinski definition) is 8. The Morgan fingerprint density at radius 2 is 1.50 bits per heavy atom. The highest BCUT2D eigenvalue weighted by Crippen LogP contribution is 2.41. The number of aliphatic hydroxyl groups is 7. The van der Waals surface area contributed by atoms with Crippen molar-refractivity contribution >= 4 is 11.0 Å². The maximum absolute atomic E-state index is 14.3. The van der Waals surface area contributed by atoms with Crippen molar-refractivity contribution < 1.29 is 69.0 Å². The molecule has 15 nitrogen and oxygen atoms in total. The third-order valence-corrected chi connectivity index (χ3v) is 8.37. The zero-order valence-corrected chi connectivity index (χ0v) is 26.6. The van der Waals surface area contributed by atoms with Gasteiger partial charge in [0.15, 0.2) is 5.76 Å². The van der Waals surface area contributed by atoms with E-state index in [2.05, 4.69) is 0 Å². The molecule has 0 bridgehead atoms. The van der Waals surface area contributed by atoms with Crippen LogP contribution in [0.3, 0.4) is 0 Å². The average molecular weight is 677 g/mol. The van der Waals surface area contributed by atoms with E-state index in [4.69, 9.17) is 28.1 Å². The molecule has 8 N–H and O–H groups in total. The molecule has 262 valence electrons. The first-order chi connectivity index (χ1) is 22.8. The number of allylic oxidation sites excluding steroid dienone is 2. The van der Waals surface area contributed by atoms with Crippen molar-refractivity contribution in [3.05, 3.63) is 57.8 Å². The van der Waals surface area contributed by atoms with Gasteiger partial charge in [-0.25, -0.2) is 0 Å². The fourth-order valence-electron chi connectivity index (χ4n) is 5.52. The summed E-state index contributed by atoms with van der Waals surface area (Å²) in [5, 5.41) is 82.9. The van der Waals surface area contributed by atoms with Gasteiger partial charge in [0.25, 0.3) is 0 Å². The van der Waals surface area contributed by atoms with Crippen molar-refractivity contribution in [2.75, 3.05) is 13.7 Å². The number of hydrogen-bond acceptors (Lipinski definition) is 15. The lowest BCUT2D eigenvalue weighted by molar-refractivity contribution is -0.277. The standard InChI is InChI=1S/C33H40O15/c1-13(2)5-10-17-19(45-33-28(42)26(40)23(37)20(12-34)46-33)11-18(35)21-24(38)31(48-32-27(41)25(39)22(36)14(3)44-32)29(47-30(17)21)15-6-8-16(43-4)9-7-15/h5-9,11,14,20,22-23,25-28,32-37,39-42H,10,12H2,1-4H3/t14-,20+,22-,23+,25+,26-,27+,28+,32+,33+/m1/s1. The molecule has 48 heavy (non-hydrogen) atoms. The highest BCUT2D eigenvalue weighted by atomic mass is 16.7. The topological polar surface area (TPSA) is 238 Å². The molecule has 2 aliphatic rings. The monoisotopic (exact) mass is 676 g/mol. The normalized spacial score (nSPS) is 30.6. The van der Waals surface area contributed by atoms with Crippen LogP contribution in [0, 0.1) is 0 Å². The van der Waals surface area contributed by atoms with Gasteiger partial charge in [-0.05, 0) is 51.5 Å². The summed E-state index contributed by atoms with van der Waals surface area (Å²) in [6.45, 7) is 4.40. The van der Waals surface area contributed by atoms with Gasteiger partial charge in [0.2, 0.25) is 23.8 Å². The van der Waals surface area contributed by atoms with Crippen LogP contribution in [0.15, 0.2) is 51.2 Å². The summed E-state index contributed by atoms with van der Waals surface area (Å²) in [5.41, 5.74) is 0.341. The molecule has 0 saturated carbocycles. The van der Waals surface area contributed by atoms with Gasteiger partial charge >= 0.3 is 0 Å². The van der Waals surface area contributed by atoms with Crippen LogP contribution in [0.5, 0.6) is 23.0 Å². The highest BCUT2D eigenvalue weighted by molar-refractivity contribution is 5.91. The van der Waals surface area contributed by atoms with E-state index in [0.29, 0.717) is 11.3 Å². The zero-order valence-electron chi connectivity index (χ0n) is 26.6. The summed E-state index contributed by atoms with van der Waals surface area (Å²) in [6.07, 6.45) is -13.7. The molecule has 0 amide bonds. The quantitative estimate of drug-likeness (QED) is 0.140. The number of ether oxygens (including phenoxy) is 5. The summed E-state index contributed by atoms with van der Waals surface area (Å²) in [6, 6.07) is 7.41. The van der Waals surface area contributed by atoms with E-state index < -0.39 is 84.9 Å². The van der Waals surface area contributed by atoms with Gasteiger partial charge in [0, 0.05) is 17.2 Å². The van der Waals surface area contributed by atoms with Gasteiger partial charge in [-0.15, -0.1) is 0 Å². The van der Waals surface area contributed by atoms with Crippen molar-refractivity contribution in [2.24, 2.45) is 0 Å². The first-order valence-electron chi connectivity index (χ1n) is 15.2. The second-order valence-corrected chi connectivity index (χ2v) is 12.0. The van der Waals surface area contributed by atoms with Crippen molar-refractivity contribution in [2.45, 2.75) is 88.6 Å². The summed E-state index contributed by atoms with van der Waals surface area (Å²) in [5.74, 6) is -0.922. The lowest BCUT2D eigenvalue weighted by Crippen LogP contribution is -2.60. The molecule has 0 aliphatic carbocycles. The van der Waals surface area contributed by atoms with Crippen LogP contribution in [0.4, 0.5) is 0 Å². The first kappa shape index (κ1) is 35.5. The summed E-state index contributed by atoms with van der Waals surface area (Å²) in [7, 11) is 1.47. The average Bonchev–Trinajstić information content (AvgIpc) is 3.06. The van der Waals surface area contributed by atoms with Gasteiger partial charge in [0.05, 0.1) is 19.8 Å². The molecule has 0 spiro atoms. The maximum atomic E-state index is 14.3. The number of fused-ring (bicyclic) bond motifs is 1. The van der Waals surface area contributed by atoms with E-state index in [1.807, 2.05) is 13.8 Å². The van der Waals surface area contributed by atoms with Gasteiger partial charge in [-0.2, -0.15) is 0 Å². The number of phenolic OH excluding ortho intramolecular Hbond substituents is 1. The van der Waals surface area contributed by atoms with E-state index in [1.54, 1.807) is 30.3 Å². The molecule has 5 rings (SSSR count). The Hall–Kier alpha value is -3.77. The smallest absolute Gasteiger partial charge is 0.239 e. The Balaban J connectivity index is 1.71. The van der Waals surface area contributed by atoms with Crippen molar-refractivity contribution in [3.8, 4) is 34.3 Å². The predicted octanol–water partition coefficient (Wildman–Crippen LogP) is 0.0679. The molecular formula is C33H40O15. The second-order valence-electron chi connectivity index (χ2n) is 12.0. The number of methoxy groups -OCH3 is 1. The minimum absolute atomic E-state index is 0.0725. The minimum Gasteiger partial charge on any atom is -0.507 e. The van der Waals surface area contributed by atoms with Crippen molar-refractivity contribution in [1.29, 1.82) is 0 Å². The van der Waals surface area contributed by atoms with Crippen LogP contribution in [-0.2, 0) is 15.9 Å². The van der Waals surface area contributed by atoms with Crippen LogP contribution in [0.1, 0.15) is 26.3 Å². The third kappa shape index (κ3) is 6.74. The van der Waals surface area contributed by atoms with E-state index in [9.17, 15) is 45.6 Å². The largest absolute Gasteiger partial charge is 0.507 e. The second kappa shape index (κ2) is 14.4. The van der Waals surface area contributed by atoms with Crippen LogP contribution in [-0.4, -0.2) is 116 Å². The third-order valence-electron chi connectivity index (χ3n) is 8.37. The lowest BCUT2D eigenvalue weighted by atomic mass is 9.99. The molecule has 3 heterocycles. The van der Waals surface area contributed by atoms with Gasteiger partial charge in [0.1, 0.15) is 70.9 Å². The van der Waals surface area contributed by atoms with E-state index in [0.717, 1.165) is 11.6 Å². The fraction of sp³-hybridized carbons (Fsp3) is 0.485. The Kier molecular flexibility index (Phi) is 10.6. The fourth-order valence-corrected chi connectivity index (χ4v) is 5.52. The van der Waals surface area contributed by atoms with Gasteiger partial charge in [-0.3, -0.25) is 4.79 Å². The number of aromatic hydroxyl groups is 1. The molecule has 2 aliphatic heterocycles. The van der Waals surface area contributed by atoms with E-state index in [-0.39, 0.29) is 34.5 Å². The van der Waals surface area contributed by atoms with Crippen LogP contribution in [0.25, 0.3) is 22.3 Å². The molecule has 3 aromatic rings. The zero-order chi connectivity index (χ0) is 35.0. The van der Waals surface area contributed by atoms with Crippen molar-refractivity contribution in [3.63, 3.8) is 0 Å². The molecular weight excluding hydrogens is 636 g/mol. The Labute approximate surface area is 274 Å². The molecule has 1 aromatic heterocycles. The Morgan fingerprint density at radius 3 is 2.10 bits per heavy atom. The summed E-state index contributed by atoms with van der Waals surface area (Å²) < 4.78 is 34.5.